The van der Waals surface area contributed by atoms with Gasteiger partial charge in [-0.1, -0.05) is 49.7 Å². The highest BCUT2D eigenvalue weighted by atomic mass is 35.5. The maximum absolute atomic E-state index is 13.8. The summed E-state index contributed by atoms with van der Waals surface area (Å²) in [5.74, 6) is 0.0458. The topological polar surface area (TPSA) is 46.9 Å². The van der Waals surface area contributed by atoms with Crippen molar-refractivity contribution in [3.63, 3.8) is 0 Å². The van der Waals surface area contributed by atoms with Gasteiger partial charge >= 0.3 is 6.18 Å². The van der Waals surface area contributed by atoms with Gasteiger partial charge in [0.25, 0.3) is 0 Å². The number of fused-ring (bicyclic) bond motifs is 1. The molecule has 2 heterocycles. The molecule has 0 bridgehead atoms. The minimum Gasteiger partial charge on any atom is -0.343 e. The molecule has 0 spiro atoms. The molecule has 0 fully saturated rings. The third-order valence-corrected chi connectivity index (χ3v) is 6.77. The third-order valence-electron chi connectivity index (χ3n) is 6.51. The van der Waals surface area contributed by atoms with E-state index in [-0.39, 0.29) is 16.9 Å². The number of Topliss-reactive ketones (excluding diaryl/α,β-unsaturated/α-hetero) is 1. The number of allylic oxidation sites excluding steroid dienone is 2. The molecule has 3 aromatic rings. The molecule has 1 N–H and O–H groups in total. The van der Waals surface area contributed by atoms with Gasteiger partial charge in [0.2, 0.25) is 0 Å². The number of benzene rings is 2. The Morgan fingerprint density at radius 1 is 1.09 bits per heavy atom. The predicted octanol–water partition coefficient (Wildman–Crippen LogP) is 7.05. The average molecular weight is 486 g/mol. The van der Waals surface area contributed by atoms with E-state index in [2.05, 4.69) is 10.4 Å². The van der Waals surface area contributed by atoms with Gasteiger partial charge in [-0.05, 0) is 48.6 Å². The van der Waals surface area contributed by atoms with Gasteiger partial charge in [0.05, 0.1) is 16.9 Å². The molecule has 176 valence electrons. The number of nitrogens with one attached hydrogen (secondary N) is 1. The van der Waals surface area contributed by atoms with E-state index in [1.165, 1.54) is 16.8 Å². The number of alkyl halides is 3. The van der Waals surface area contributed by atoms with Crippen LogP contribution in [0.15, 0.2) is 59.8 Å². The molecule has 1 aromatic heterocycles. The van der Waals surface area contributed by atoms with Gasteiger partial charge in [-0.2, -0.15) is 18.3 Å². The predicted molar refractivity (Wildman–Crippen MR) is 125 cm³/mol. The fourth-order valence-electron chi connectivity index (χ4n) is 5.13. The molecule has 0 saturated heterocycles. The summed E-state index contributed by atoms with van der Waals surface area (Å²) in [7, 11) is 0. The number of para-hydroxylation sites is 1. The first-order valence-corrected chi connectivity index (χ1v) is 11.4. The van der Waals surface area contributed by atoms with Crippen molar-refractivity contribution in [2.75, 3.05) is 5.32 Å². The highest BCUT2D eigenvalue weighted by molar-refractivity contribution is 6.30. The van der Waals surface area contributed by atoms with Crippen LogP contribution in [0.3, 0.4) is 0 Å². The van der Waals surface area contributed by atoms with Crippen LogP contribution >= 0.6 is 11.6 Å². The Kier molecular flexibility index (Phi) is 5.17. The smallest absolute Gasteiger partial charge is 0.343 e. The molecule has 2 aliphatic rings. The molecule has 0 radical (unpaired) electrons. The number of rotatable bonds is 2. The summed E-state index contributed by atoms with van der Waals surface area (Å²) in [6.45, 7) is 5.80. The normalized spacial score (nSPS) is 19.5. The summed E-state index contributed by atoms with van der Waals surface area (Å²) in [6, 6.07) is 12.6. The SMILES string of the molecule is Cc1nn(-c2ccccc2C(F)(F)F)c2c1C(c1ccc(Cl)cc1)C1=C(CC(C)(C)CC1=O)N2. The summed E-state index contributed by atoms with van der Waals surface area (Å²) in [5, 5.41) is 8.43. The Hall–Kier alpha value is -3.06. The Morgan fingerprint density at radius 2 is 1.76 bits per heavy atom. The maximum Gasteiger partial charge on any atom is 0.418 e. The van der Waals surface area contributed by atoms with Gasteiger partial charge in [0.15, 0.2) is 5.78 Å². The van der Waals surface area contributed by atoms with Gasteiger partial charge in [-0.3, -0.25) is 4.79 Å². The highest BCUT2D eigenvalue weighted by Gasteiger charge is 2.43. The number of carbonyl (C=O) groups is 1. The largest absolute Gasteiger partial charge is 0.418 e. The maximum atomic E-state index is 13.8. The summed E-state index contributed by atoms with van der Waals surface area (Å²) < 4.78 is 42.9. The number of carbonyl (C=O) groups excluding carboxylic acids is 1. The second kappa shape index (κ2) is 7.73. The first-order valence-electron chi connectivity index (χ1n) is 11.0. The third kappa shape index (κ3) is 3.72. The monoisotopic (exact) mass is 485 g/mol. The zero-order valence-electron chi connectivity index (χ0n) is 18.9. The van der Waals surface area contributed by atoms with Crippen molar-refractivity contribution in [2.45, 2.75) is 45.7 Å². The zero-order chi connectivity index (χ0) is 24.4. The molecular weight excluding hydrogens is 463 g/mol. The van der Waals surface area contributed by atoms with E-state index >= 15 is 0 Å². The lowest BCUT2D eigenvalue weighted by atomic mass is 9.69. The van der Waals surface area contributed by atoms with Crippen molar-refractivity contribution in [1.82, 2.24) is 9.78 Å². The molecule has 4 nitrogen and oxygen atoms in total. The van der Waals surface area contributed by atoms with Crippen molar-refractivity contribution >= 4 is 23.2 Å². The Labute approximate surface area is 200 Å². The quantitative estimate of drug-likeness (QED) is 0.423. The minimum absolute atomic E-state index is 0.0344. The van der Waals surface area contributed by atoms with E-state index in [1.54, 1.807) is 25.1 Å². The number of hydrogen-bond donors (Lipinski definition) is 1. The Morgan fingerprint density at radius 3 is 2.44 bits per heavy atom. The van der Waals surface area contributed by atoms with Crippen LogP contribution in [0.2, 0.25) is 5.02 Å². The molecule has 2 aromatic carbocycles. The highest BCUT2D eigenvalue weighted by Crippen LogP contribution is 2.50. The van der Waals surface area contributed by atoms with Gasteiger partial charge in [-0.25, -0.2) is 4.68 Å². The van der Waals surface area contributed by atoms with Gasteiger partial charge in [0.1, 0.15) is 5.82 Å². The fourth-order valence-corrected chi connectivity index (χ4v) is 5.26. The molecule has 0 amide bonds. The van der Waals surface area contributed by atoms with Crippen LogP contribution in [0.5, 0.6) is 0 Å². The van der Waals surface area contributed by atoms with Crippen LogP contribution < -0.4 is 5.32 Å². The van der Waals surface area contributed by atoms with E-state index in [4.69, 9.17) is 11.6 Å². The molecule has 5 rings (SSSR count). The molecule has 1 atom stereocenters. The van der Waals surface area contributed by atoms with Gasteiger partial charge in [0, 0.05) is 34.2 Å². The number of hydrogen-bond acceptors (Lipinski definition) is 3. The number of anilines is 1. The minimum atomic E-state index is -4.54. The van der Waals surface area contributed by atoms with E-state index in [9.17, 15) is 18.0 Å². The standard InChI is InChI=1S/C26H23ClF3N3O/c1-14-21-22(15-8-10-16(27)11-9-15)23-18(12-25(2,3)13-20(23)34)31-24(21)33(32-14)19-7-5-4-6-17(19)26(28,29)30/h4-11,22,31H,12-13H2,1-3H3. The number of ketones is 1. The van der Waals surface area contributed by atoms with E-state index in [0.29, 0.717) is 40.5 Å². The molecule has 1 unspecified atom stereocenters. The molecule has 8 heteroatoms. The van der Waals surface area contributed by atoms with Crippen molar-refractivity contribution in [1.29, 1.82) is 0 Å². The molecule has 1 aliphatic carbocycles. The summed E-state index contributed by atoms with van der Waals surface area (Å²) in [6.07, 6.45) is -3.54. The molecule has 0 saturated carbocycles. The lowest BCUT2D eigenvalue weighted by Gasteiger charge is -2.38. The summed E-state index contributed by atoms with van der Waals surface area (Å²) in [5.41, 5.74) is 2.39. The summed E-state index contributed by atoms with van der Waals surface area (Å²) >= 11 is 6.12. The van der Waals surface area contributed by atoms with Crippen LogP contribution in [-0.2, 0) is 11.0 Å². The average Bonchev–Trinajstić information content (AvgIpc) is 3.07. The number of aryl methyl sites for hydroxylation is 1. The molecular formula is C26H23ClF3N3O. The van der Waals surface area contributed by atoms with Crippen LogP contribution in [0, 0.1) is 12.3 Å². The van der Waals surface area contributed by atoms with Crippen molar-refractivity contribution in [2.24, 2.45) is 5.41 Å². The lowest BCUT2D eigenvalue weighted by Crippen LogP contribution is -2.34. The second-order valence-electron chi connectivity index (χ2n) is 9.72. The second-order valence-corrected chi connectivity index (χ2v) is 10.2. The van der Waals surface area contributed by atoms with E-state index in [0.717, 1.165) is 17.3 Å². The molecule has 34 heavy (non-hydrogen) atoms. The van der Waals surface area contributed by atoms with Crippen molar-refractivity contribution < 1.29 is 18.0 Å². The first kappa shape index (κ1) is 22.7. The fraction of sp³-hybridized carbons (Fsp3) is 0.308. The van der Waals surface area contributed by atoms with Crippen molar-refractivity contribution in [3.8, 4) is 5.69 Å². The number of nitrogens with zero attached hydrogens (tertiary/aromatic N) is 2. The van der Waals surface area contributed by atoms with Gasteiger partial charge < -0.3 is 5.32 Å². The van der Waals surface area contributed by atoms with E-state index in [1.807, 2.05) is 26.0 Å². The zero-order valence-corrected chi connectivity index (χ0v) is 19.7. The van der Waals surface area contributed by atoms with Crippen molar-refractivity contribution in [3.05, 3.63) is 87.2 Å². The Balaban J connectivity index is 1.77. The summed E-state index contributed by atoms with van der Waals surface area (Å²) in [4.78, 5) is 13.4. The number of halogens is 4. The van der Waals surface area contributed by atoms with Crippen LogP contribution in [0.25, 0.3) is 5.69 Å². The molecule has 1 aliphatic heterocycles. The lowest BCUT2D eigenvalue weighted by molar-refractivity contribution is -0.137. The number of aromatic nitrogens is 2. The van der Waals surface area contributed by atoms with Crippen LogP contribution in [-0.4, -0.2) is 15.6 Å². The Bertz CT molecular complexity index is 1340. The first-order chi connectivity index (χ1) is 16.0. The van der Waals surface area contributed by atoms with Crippen LogP contribution in [0.1, 0.15) is 55.0 Å². The van der Waals surface area contributed by atoms with Crippen LogP contribution in [0.4, 0.5) is 19.0 Å². The van der Waals surface area contributed by atoms with E-state index < -0.39 is 17.7 Å². The van der Waals surface area contributed by atoms with Gasteiger partial charge in [-0.15, -0.1) is 0 Å².